The summed E-state index contributed by atoms with van der Waals surface area (Å²) >= 11 is 1.63. The molecule has 4 rings (SSSR count). The molecule has 1 spiro atoms. The maximum Gasteiger partial charge on any atom is 0.261 e. The van der Waals surface area contributed by atoms with E-state index in [-0.39, 0.29) is 11.5 Å². The molecule has 2 aromatic rings. The van der Waals surface area contributed by atoms with Crippen LogP contribution in [0.5, 0.6) is 0 Å². The Kier molecular flexibility index (Phi) is 5.11. The van der Waals surface area contributed by atoms with Crippen LogP contribution in [-0.4, -0.2) is 53.4 Å². The molecule has 7 heteroatoms. The molecule has 2 aliphatic rings. The highest BCUT2D eigenvalue weighted by atomic mass is 32.1. The minimum absolute atomic E-state index is 0.0118. The number of fused-ring (bicyclic) bond motifs is 2. The number of hydrogen-bond donors (Lipinski definition) is 1. The van der Waals surface area contributed by atoms with Crippen LogP contribution in [0.4, 0.5) is 0 Å². The molecular weight excluding hydrogens is 348 g/mol. The van der Waals surface area contributed by atoms with E-state index < -0.39 is 0 Å². The number of rotatable bonds is 5. The van der Waals surface area contributed by atoms with Gasteiger partial charge >= 0.3 is 0 Å². The van der Waals surface area contributed by atoms with Crippen molar-refractivity contribution in [1.82, 2.24) is 20.0 Å². The largest absolute Gasteiger partial charge is 0.369 e. The van der Waals surface area contributed by atoms with Gasteiger partial charge in [0, 0.05) is 36.9 Å². The summed E-state index contributed by atoms with van der Waals surface area (Å²) in [5.74, 6) is 0.0118. The minimum atomic E-state index is -0.169. The van der Waals surface area contributed by atoms with Crippen molar-refractivity contribution in [2.45, 2.75) is 38.3 Å². The number of aromatic nitrogens is 2. The van der Waals surface area contributed by atoms with Crippen molar-refractivity contribution in [1.29, 1.82) is 0 Å². The number of hydrogen-bond acceptors (Lipinski definition) is 5. The number of ether oxygens (including phenoxy) is 1. The number of amides is 1. The van der Waals surface area contributed by atoms with E-state index in [1.165, 1.54) is 10.4 Å². The number of nitrogens with one attached hydrogen (secondary N) is 1. The van der Waals surface area contributed by atoms with Gasteiger partial charge in [0.2, 0.25) is 0 Å². The lowest BCUT2D eigenvalue weighted by molar-refractivity contribution is -0.0944. The van der Waals surface area contributed by atoms with E-state index in [0.29, 0.717) is 13.1 Å². The second-order valence-electron chi connectivity index (χ2n) is 7.02. The van der Waals surface area contributed by atoms with Gasteiger partial charge < -0.3 is 15.0 Å². The highest BCUT2D eigenvalue weighted by Crippen LogP contribution is 2.45. The molecule has 1 fully saturated rings. The Morgan fingerprint density at radius 1 is 1.42 bits per heavy atom. The quantitative estimate of drug-likeness (QED) is 0.872. The zero-order chi connectivity index (χ0) is 18.0. The van der Waals surface area contributed by atoms with Crippen LogP contribution in [-0.2, 0) is 23.3 Å². The van der Waals surface area contributed by atoms with Gasteiger partial charge in [-0.2, -0.15) is 5.10 Å². The smallest absolute Gasteiger partial charge is 0.261 e. The van der Waals surface area contributed by atoms with Crippen LogP contribution in [0.15, 0.2) is 24.5 Å². The van der Waals surface area contributed by atoms with Crippen LogP contribution < -0.4 is 5.32 Å². The maximum absolute atomic E-state index is 12.6. The predicted octanol–water partition coefficient (Wildman–Crippen LogP) is 2.26. The molecule has 2 aromatic heterocycles. The Labute approximate surface area is 158 Å². The van der Waals surface area contributed by atoms with Crippen molar-refractivity contribution in [3.63, 3.8) is 0 Å². The van der Waals surface area contributed by atoms with Gasteiger partial charge in [0.05, 0.1) is 18.0 Å². The first-order valence-corrected chi connectivity index (χ1v) is 10.3. The molecule has 2 aliphatic heterocycles. The first kappa shape index (κ1) is 17.7. The van der Waals surface area contributed by atoms with E-state index >= 15 is 0 Å². The number of piperidine rings is 1. The Hall–Kier alpha value is -1.70. The molecule has 0 bridgehead atoms. The van der Waals surface area contributed by atoms with Crippen molar-refractivity contribution in [3.05, 3.63) is 39.8 Å². The summed E-state index contributed by atoms with van der Waals surface area (Å²) in [7, 11) is 0. The summed E-state index contributed by atoms with van der Waals surface area (Å²) < 4.78 is 8.11. The average molecular weight is 375 g/mol. The average Bonchev–Trinajstić information content (AvgIpc) is 3.33. The molecule has 0 atom stereocenters. The molecule has 140 valence electrons. The first-order valence-electron chi connectivity index (χ1n) is 9.45. The second kappa shape index (κ2) is 7.50. The third-order valence-corrected chi connectivity index (χ3v) is 6.85. The Balaban J connectivity index is 1.44. The van der Waals surface area contributed by atoms with E-state index in [2.05, 4.69) is 28.3 Å². The second-order valence-corrected chi connectivity index (χ2v) is 8.07. The van der Waals surface area contributed by atoms with E-state index in [1.54, 1.807) is 17.5 Å². The van der Waals surface area contributed by atoms with Crippen molar-refractivity contribution < 1.29 is 9.53 Å². The van der Waals surface area contributed by atoms with Crippen molar-refractivity contribution in [2.75, 3.05) is 32.8 Å². The molecule has 4 heterocycles. The molecule has 26 heavy (non-hydrogen) atoms. The fourth-order valence-electron chi connectivity index (χ4n) is 3.94. The van der Waals surface area contributed by atoms with Gasteiger partial charge in [0.25, 0.3) is 5.91 Å². The van der Waals surface area contributed by atoms with Gasteiger partial charge in [-0.3, -0.25) is 9.48 Å². The van der Waals surface area contributed by atoms with Crippen LogP contribution in [0, 0.1) is 0 Å². The fraction of sp³-hybridized carbons (Fsp3) is 0.579. The molecule has 0 saturated carbocycles. The normalized spacial score (nSPS) is 19.4. The maximum atomic E-state index is 12.6. The van der Waals surface area contributed by atoms with E-state index in [0.717, 1.165) is 50.4 Å². The zero-order valence-corrected chi connectivity index (χ0v) is 16.1. The number of nitrogens with zero attached hydrogens (tertiary/aromatic N) is 3. The summed E-state index contributed by atoms with van der Waals surface area (Å²) in [6.07, 6.45) is 6.60. The third kappa shape index (κ3) is 3.43. The van der Waals surface area contributed by atoms with Crippen LogP contribution in [0.3, 0.4) is 0 Å². The SMILES string of the molecule is CCN1CCC2(CC1)OCCc1cc(C(=O)NCCn3cccn3)sc12. The minimum Gasteiger partial charge on any atom is -0.369 e. The number of carbonyl (C=O) groups excluding carboxylic acids is 1. The molecule has 0 aliphatic carbocycles. The Morgan fingerprint density at radius 3 is 3.00 bits per heavy atom. The van der Waals surface area contributed by atoms with E-state index in [4.69, 9.17) is 4.74 Å². The molecular formula is C19H26N4O2S. The third-order valence-electron chi connectivity index (χ3n) is 5.49. The monoisotopic (exact) mass is 374 g/mol. The molecule has 1 N–H and O–H groups in total. The fourth-order valence-corrected chi connectivity index (χ4v) is 5.27. The van der Waals surface area contributed by atoms with Crippen LogP contribution in [0.2, 0.25) is 0 Å². The number of likely N-dealkylation sites (tertiary alicyclic amines) is 1. The lowest BCUT2D eigenvalue weighted by Gasteiger charge is -2.43. The highest BCUT2D eigenvalue weighted by molar-refractivity contribution is 7.14. The zero-order valence-electron chi connectivity index (χ0n) is 15.2. The Bertz CT molecular complexity index is 748. The summed E-state index contributed by atoms with van der Waals surface area (Å²) in [5, 5.41) is 7.17. The van der Waals surface area contributed by atoms with Crippen LogP contribution in [0.1, 0.15) is 39.9 Å². The predicted molar refractivity (Wildman–Crippen MR) is 102 cm³/mol. The molecule has 6 nitrogen and oxygen atoms in total. The number of carbonyl (C=O) groups is 1. The molecule has 1 saturated heterocycles. The molecule has 0 radical (unpaired) electrons. The summed E-state index contributed by atoms with van der Waals surface area (Å²) in [6, 6.07) is 3.97. The van der Waals surface area contributed by atoms with Gasteiger partial charge in [0.1, 0.15) is 5.60 Å². The first-order chi connectivity index (χ1) is 12.7. The van der Waals surface area contributed by atoms with Gasteiger partial charge in [-0.25, -0.2) is 0 Å². The standard InChI is InChI=1S/C19H26N4O2S/c1-2-22-10-5-19(6-11-22)17-15(4-13-25-19)14-16(26-17)18(24)20-8-12-23-9-3-7-21-23/h3,7,9,14H,2,4-6,8,10-13H2,1H3,(H,20,24). The molecule has 0 aromatic carbocycles. The van der Waals surface area contributed by atoms with E-state index in [1.807, 2.05) is 16.9 Å². The lowest BCUT2D eigenvalue weighted by Crippen LogP contribution is -2.45. The van der Waals surface area contributed by atoms with E-state index in [9.17, 15) is 4.79 Å². The molecule has 1 amide bonds. The van der Waals surface area contributed by atoms with Crippen molar-refractivity contribution in [2.24, 2.45) is 0 Å². The topological polar surface area (TPSA) is 59.4 Å². The highest BCUT2D eigenvalue weighted by Gasteiger charge is 2.42. The summed E-state index contributed by atoms with van der Waals surface area (Å²) in [5.41, 5.74) is 1.14. The van der Waals surface area contributed by atoms with Crippen LogP contribution >= 0.6 is 11.3 Å². The lowest BCUT2D eigenvalue weighted by atomic mass is 9.85. The van der Waals surface area contributed by atoms with Gasteiger partial charge in [-0.05, 0) is 43.5 Å². The van der Waals surface area contributed by atoms with Gasteiger partial charge in [-0.15, -0.1) is 11.3 Å². The summed E-state index contributed by atoms with van der Waals surface area (Å²) in [4.78, 5) is 17.1. The van der Waals surface area contributed by atoms with Crippen LogP contribution in [0.25, 0.3) is 0 Å². The number of thiophene rings is 1. The Morgan fingerprint density at radius 2 is 2.27 bits per heavy atom. The van der Waals surface area contributed by atoms with Gasteiger partial charge in [0.15, 0.2) is 0 Å². The van der Waals surface area contributed by atoms with Crippen molar-refractivity contribution >= 4 is 17.2 Å². The summed E-state index contributed by atoms with van der Waals surface area (Å²) in [6.45, 7) is 7.47. The van der Waals surface area contributed by atoms with Crippen molar-refractivity contribution in [3.8, 4) is 0 Å². The molecule has 0 unspecified atom stereocenters. The van der Waals surface area contributed by atoms with Gasteiger partial charge in [-0.1, -0.05) is 6.92 Å².